The predicted molar refractivity (Wildman–Crippen MR) is 107 cm³/mol. The first-order valence-electron chi connectivity index (χ1n) is 8.62. The van der Waals surface area contributed by atoms with Gasteiger partial charge in [0.25, 0.3) is 5.69 Å². The van der Waals surface area contributed by atoms with Crippen LogP contribution in [-0.4, -0.2) is 15.9 Å². The molecular weight excluding hydrogens is 392 g/mol. The molecule has 0 saturated heterocycles. The fraction of sp³-hybridized carbons (Fsp3) is 0.0476. The van der Waals surface area contributed by atoms with Crippen LogP contribution in [0.5, 0.6) is 0 Å². The number of carbonyl (C=O) groups is 1. The number of thiazole rings is 1. The van der Waals surface area contributed by atoms with Crippen LogP contribution >= 0.6 is 11.3 Å². The fourth-order valence-electron chi connectivity index (χ4n) is 2.65. The smallest absolute Gasteiger partial charge is 0.374 e. The van der Waals surface area contributed by atoms with Crippen molar-refractivity contribution < 1.29 is 18.9 Å². The molecule has 2 aromatic carbocycles. The first-order chi connectivity index (χ1) is 14.1. The summed E-state index contributed by atoms with van der Waals surface area (Å²) < 4.78 is 10.8. The number of carbonyl (C=O) groups excluding carboxylic acids is 1. The summed E-state index contributed by atoms with van der Waals surface area (Å²) in [6, 6.07) is 18.8. The summed E-state index contributed by atoms with van der Waals surface area (Å²) in [6.45, 7) is 0.0374. The Hall–Kier alpha value is -3.78. The lowest BCUT2D eigenvalue weighted by Crippen LogP contribution is -2.04. The van der Waals surface area contributed by atoms with Gasteiger partial charge in [-0.05, 0) is 24.3 Å². The van der Waals surface area contributed by atoms with E-state index in [4.69, 9.17) is 9.15 Å². The molecular formula is C21H14N2O5S. The van der Waals surface area contributed by atoms with Crippen molar-refractivity contribution >= 4 is 23.0 Å². The molecule has 0 unspecified atom stereocenters. The Labute approximate surface area is 169 Å². The van der Waals surface area contributed by atoms with Crippen LogP contribution in [0, 0.1) is 10.1 Å². The zero-order valence-corrected chi connectivity index (χ0v) is 15.8. The topological polar surface area (TPSA) is 95.5 Å². The van der Waals surface area contributed by atoms with E-state index in [2.05, 4.69) is 4.98 Å². The lowest BCUT2D eigenvalue weighted by atomic mass is 10.1. The van der Waals surface area contributed by atoms with E-state index in [1.807, 2.05) is 35.7 Å². The number of benzene rings is 2. The monoisotopic (exact) mass is 406 g/mol. The van der Waals surface area contributed by atoms with Gasteiger partial charge in [-0.2, -0.15) is 0 Å². The SMILES string of the molecule is O=C(OCc1csc(-c2ccccc2)n1)c1ccc(-c2ccc([N+](=O)[O-])cc2)o1. The molecule has 29 heavy (non-hydrogen) atoms. The third kappa shape index (κ3) is 4.22. The second-order valence-corrected chi connectivity index (χ2v) is 6.91. The van der Waals surface area contributed by atoms with Crippen molar-refractivity contribution in [2.24, 2.45) is 0 Å². The minimum atomic E-state index is -0.604. The molecule has 0 aliphatic carbocycles. The Morgan fingerprint density at radius 2 is 1.79 bits per heavy atom. The molecule has 0 saturated carbocycles. The summed E-state index contributed by atoms with van der Waals surface area (Å²) in [7, 11) is 0. The molecule has 0 aliphatic heterocycles. The highest BCUT2D eigenvalue weighted by molar-refractivity contribution is 7.13. The molecule has 144 valence electrons. The Morgan fingerprint density at radius 3 is 2.52 bits per heavy atom. The molecule has 0 aliphatic rings. The first kappa shape index (κ1) is 18.6. The first-order valence-corrected chi connectivity index (χ1v) is 9.50. The van der Waals surface area contributed by atoms with E-state index in [9.17, 15) is 14.9 Å². The predicted octanol–water partition coefficient (Wildman–Crippen LogP) is 5.34. The largest absolute Gasteiger partial charge is 0.453 e. The summed E-state index contributed by atoms with van der Waals surface area (Å²) in [5.41, 5.74) is 2.28. The summed E-state index contributed by atoms with van der Waals surface area (Å²) in [5, 5.41) is 13.4. The minimum Gasteiger partial charge on any atom is -0.453 e. The quantitative estimate of drug-likeness (QED) is 0.244. The van der Waals surface area contributed by atoms with Crippen molar-refractivity contribution in [3.63, 3.8) is 0 Å². The van der Waals surface area contributed by atoms with Gasteiger partial charge in [0.05, 0.1) is 10.6 Å². The van der Waals surface area contributed by atoms with Gasteiger partial charge >= 0.3 is 5.97 Å². The number of aromatic nitrogens is 1. The number of hydrogen-bond acceptors (Lipinski definition) is 7. The van der Waals surface area contributed by atoms with Gasteiger partial charge in [0.15, 0.2) is 0 Å². The number of nitrogens with zero attached hydrogens (tertiary/aromatic N) is 2. The van der Waals surface area contributed by atoms with Gasteiger partial charge < -0.3 is 9.15 Å². The summed E-state index contributed by atoms with van der Waals surface area (Å²) in [4.78, 5) is 27.0. The van der Waals surface area contributed by atoms with Gasteiger partial charge in [0.1, 0.15) is 17.4 Å². The van der Waals surface area contributed by atoms with Gasteiger partial charge in [-0.3, -0.25) is 10.1 Å². The summed E-state index contributed by atoms with van der Waals surface area (Å²) in [5.74, 6) is -0.129. The van der Waals surface area contributed by atoms with Crippen molar-refractivity contribution in [3.8, 4) is 21.9 Å². The van der Waals surface area contributed by atoms with Crippen molar-refractivity contribution in [1.29, 1.82) is 0 Å². The minimum absolute atomic E-state index is 0.0157. The Morgan fingerprint density at radius 1 is 1.03 bits per heavy atom. The van der Waals surface area contributed by atoms with Crippen molar-refractivity contribution in [2.45, 2.75) is 6.61 Å². The van der Waals surface area contributed by atoms with E-state index in [0.29, 0.717) is 17.0 Å². The second-order valence-electron chi connectivity index (χ2n) is 6.05. The average Bonchev–Trinajstić information content (AvgIpc) is 3.43. The van der Waals surface area contributed by atoms with Gasteiger partial charge in [0.2, 0.25) is 5.76 Å². The number of esters is 1. The molecule has 4 rings (SSSR count). The maximum Gasteiger partial charge on any atom is 0.374 e. The van der Waals surface area contributed by atoms with Crippen LogP contribution in [0.25, 0.3) is 21.9 Å². The highest BCUT2D eigenvalue weighted by Crippen LogP contribution is 2.26. The van der Waals surface area contributed by atoms with E-state index in [-0.39, 0.29) is 18.1 Å². The van der Waals surface area contributed by atoms with Crippen LogP contribution in [0.3, 0.4) is 0 Å². The highest BCUT2D eigenvalue weighted by Gasteiger charge is 2.15. The highest BCUT2D eigenvalue weighted by atomic mass is 32.1. The van der Waals surface area contributed by atoms with Crippen molar-refractivity contribution in [1.82, 2.24) is 4.98 Å². The molecule has 0 spiro atoms. The molecule has 7 nitrogen and oxygen atoms in total. The van der Waals surface area contributed by atoms with Crippen LogP contribution in [0.2, 0.25) is 0 Å². The number of ether oxygens (including phenoxy) is 1. The van der Waals surface area contributed by atoms with E-state index in [1.165, 1.54) is 29.5 Å². The number of nitro benzene ring substituents is 1. The number of rotatable bonds is 6. The lowest BCUT2D eigenvalue weighted by molar-refractivity contribution is -0.384. The maximum absolute atomic E-state index is 12.3. The number of furan rings is 1. The third-order valence-corrected chi connectivity index (χ3v) is 5.03. The maximum atomic E-state index is 12.3. The number of hydrogen-bond donors (Lipinski definition) is 0. The Bertz CT molecular complexity index is 1150. The summed E-state index contributed by atoms with van der Waals surface area (Å²) in [6.07, 6.45) is 0. The van der Waals surface area contributed by atoms with E-state index >= 15 is 0 Å². The van der Waals surface area contributed by atoms with Gasteiger partial charge in [-0.15, -0.1) is 11.3 Å². The molecule has 0 N–H and O–H groups in total. The van der Waals surface area contributed by atoms with E-state index < -0.39 is 10.9 Å². The third-order valence-electron chi connectivity index (χ3n) is 4.09. The van der Waals surface area contributed by atoms with Crippen LogP contribution in [0.15, 0.2) is 76.5 Å². The van der Waals surface area contributed by atoms with Gasteiger partial charge in [0, 0.05) is 28.6 Å². The molecule has 4 aromatic rings. The Kier molecular flexibility index (Phi) is 5.17. The van der Waals surface area contributed by atoms with Crippen LogP contribution in [0.4, 0.5) is 5.69 Å². The standard InChI is InChI=1S/C21H14N2O5S/c24-21(27-12-16-13-29-20(22-16)15-4-2-1-3-5-15)19-11-10-18(28-19)14-6-8-17(9-7-14)23(25)26/h1-11,13H,12H2. The zero-order valence-electron chi connectivity index (χ0n) is 15.0. The van der Waals surface area contributed by atoms with Crippen LogP contribution < -0.4 is 0 Å². The normalized spacial score (nSPS) is 10.6. The van der Waals surface area contributed by atoms with Crippen LogP contribution in [-0.2, 0) is 11.3 Å². The molecule has 8 heteroatoms. The Balaban J connectivity index is 1.40. The molecule has 2 heterocycles. The molecule has 0 radical (unpaired) electrons. The molecule has 0 fully saturated rings. The molecule has 0 atom stereocenters. The summed E-state index contributed by atoms with van der Waals surface area (Å²) >= 11 is 1.48. The van der Waals surface area contributed by atoms with Crippen molar-refractivity contribution in [3.05, 3.63) is 93.7 Å². The molecule has 2 aromatic heterocycles. The van der Waals surface area contributed by atoms with Crippen LogP contribution in [0.1, 0.15) is 16.2 Å². The van der Waals surface area contributed by atoms with E-state index in [1.54, 1.807) is 18.2 Å². The average molecular weight is 406 g/mol. The van der Waals surface area contributed by atoms with E-state index in [0.717, 1.165) is 10.6 Å². The molecule has 0 amide bonds. The molecule has 0 bridgehead atoms. The number of nitro groups is 1. The number of non-ortho nitro benzene ring substituents is 1. The van der Waals surface area contributed by atoms with Crippen molar-refractivity contribution in [2.75, 3.05) is 0 Å². The fourth-order valence-corrected chi connectivity index (χ4v) is 3.46. The zero-order chi connectivity index (χ0) is 20.2. The van der Waals surface area contributed by atoms with Gasteiger partial charge in [-0.25, -0.2) is 9.78 Å². The van der Waals surface area contributed by atoms with Gasteiger partial charge in [-0.1, -0.05) is 30.3 Å². The second kappa shape index (κ2) is 8.07. The lowest BCUT2D eigenvalue weighted by Gasteiger charge is -2.01.